The Hall–Kier alpha value is -2.08. The van der Waals surface area contributed by atoms with E-state index < -0.39 is 29.0 Å². The van der Waals surface area contributed by atoms with Crippen LogP contribution in [0.3, 0.4) is 0 Å². The van der Waals surface area contributed by atoms with E-state index in [4.69, 9.17) is 10.5 Å². The summed E-state index contributed by atoms with van der Waals surface area (Å²) < 4.78 is 58.5. The molecule has 0 amide bonds. The van der Waals surface area contributed by atoms with Crippen molar-refractivity contribution in [2.75, 3.05) is 6.54 Å². The minimum atomic E-state index is -0.879. The van der Waals surface area contributed by atoms with E-state index in [0.29, 0.717) is 18.1 Å². The molecule has 0 fully saturated rings. The van der Waals surface area contributed by atoms with Crippen LogP contribution in [-0.2, 0) is 13.0 Å². The molecule has 0 aliphatic rings. The molecule has 2 N–H and O–H groups in total. The van der Waals surface area contributed by atoms with Crippen molar-refractivity contribution in [2.24, 2.45) is 5.73 Å². The molecule has 0 aromatic heterocycles. The van der Waals surface area contributed by atoms with Gasteiger partial charge in [-0.15, -0.1) is 0 Å². The molecule has 0 radical (unpaired) electrons. The Balaban J connectivity index is 2.16. The summed E-state index contributed by atoms with van der Waals surface area (Å²) >= 11 is 0. The number of benzene rings is 2. The van der Waals surface area contributed by atoms with Gasteiger partial charge in [0.15, 0.2) is 17.4 Å². The molecule has 0 bridgehead atoms. The van der Waals surface area contributed by atoms with Crippen molar-refractivity contribution in [3.8, 4) is 5.75 Å². The highest BCUT2D eigenvalue weighted by atomic mass is 19.1. The predicted octanol–water partition coefficient (Wildman–Crippen LogP) is 3.32. The van der Waals surface area contributed by atoms with Gasteiger partial charge < -0.3 is 10.5 Å². The Bertz CT molecular complexity index is 602. The van der Waals surface area contributed by atoms with Crippen LogP contribution in [0.2, 0.25) is 0 Å². The Morgan fingerprint density at radius 1 is 0.810 bits per heavy atom. The maximum atomic E-state index is 13.7. The molecule has 112 valence electrons. The molecule has 0 spiro atoms. The Morgan fingerprint density at radius 2 is 1.38 bits per heavy atom. The molecule has 0 saturated carbocycles. The monoisotopic (exact) mass is 299 g/mol. The van der Waals surface area contributed by atoms with Gasteiger partial charge in [0, 0.05) is 6.07 Å². The first-order chi connectivity index (χ1) is 9.99. The number of ether oxygens (including phenoxy) is 1. The predicted molar refractivity (Wildman–Crippen MR) is 69.8 cm³/mol. The van der Waals surface area contributed by atoms with Gasteiger partial charge in [-0.1, -0.05) is 0 Å². The van der Waals surface area contributed by atoms with E-state index in [-0.39, 0.29) is 18.7 Å². The summed E-state index contributed by atoms with van der Waals surface area (Å²) in [6.45, 7) is -0.0829. The highest BCUT2D eigenvalue weighted by molar-refractivity contribution is 5.32. The zero-order valence-corrected chi connectivity index (χ0v) is 11.0. The van der Waals surface area contributed by atoms with Crippen LogP contribution in [-0.4, -0.2) is 6.54 Å². The molecular formula is C15H13F4NO. The first-order valence-corrected chi connectivity index (χ1v) is 6.25. The lowest BCUT2D eigenvalue weighted by Gasteiger charge is -2.10. The summed E-state index contributed by atoms with van der Waals surface area (Å²) in [7, 11) is 0. The van der Waals surface area contributed by atoms with E-state index in [9.17, 15) is 17.6 Å². The highest BCUT2D eigenvalue weighted by Crippen LogP contribution is 2.24. The van der Waals surface area contributed by atoms with Crippen LogP contribution in [0, 0.1) is 23.3 Å². The second-order valence-corrected chi connectivity index (χ2v) is 4.49. The maximum Gasteiger partial charge on any atom is 0.191 e. The molecule has 2 aromatic carbocycles. The van der Waals surface area contributed by atoms with E-state index in [1.807, 2.05) is 0 Å². The van der Waals surface area contributed by atoms with E-state index in [0.717, 1.165) is 24.3 Å². The SMILES string of the molecule is NCCc1cc(F)c(OCc2cc(F)cc(F)c2)c(F)c1. The molecule has 0 aliphatic heterocycles. The number of nitrogens with two attached hydrogens (primary N) is 1. The molecule has 21 heavy (non-hydrogen) atoms. The summed E-state index contributed by atoms with van der Waals surface area (Å²) in [5, 5.41) is 0. The maximum absolute atomic E-state index is 13.7. The Morgan fingerprint density at radius 3 is 1.90 bits per heavy atom. The van der Waals surface area contributed by atoms with E-state index in [1.165, 1.54) is 0 Å². The minimum Gasteiger partial charge on any atom is -0.483 e. The molecule has 2 rings (SSSR count). The zero-order valence-electron chi connectivity index (χ0n) is 11.0. The fraction of sp³-hybridized carbons (Fsp3) is 0.200. The standard InChI is InChI=1S/C15H13F4NO/c16-11-3-10(4-12(17)7-11)8-21-15-13(18)5-9(1-2-20)6-14(15)19/h3-7H,1-2,8,20H2. The Kier molecular flexibility index (Phi) is 4.80. The first-order valence-electron chi connectivity index (χ1n) is 6.25. The van der Waals surface area contributed by atoms with E-state index in [1.54, 1.807) is 0 Å². The summed E-state index contributed by atoms with van der Waals surface area (Å²) in [5.74, 6) is -3.91. The number of hydrogen-bond donors (Lipinski definition) is 1. The third kappa shape index (κ3) is 3.95. The fourth-order valence-electron chi connectivity index (χ4n) is 1.91. The van der Waals surface area contributed by atoms with Gasteiger partial charge in [0.05, 0.1) is 0 Å². The van der Waals surface area contributed by atoms with Crippen molar-refractivity contribution < 1.29 is 22.3 Å². The van der Waals surface area contributed by atoms with Gasteiger partial charge in [-0.2, -0.15) is 0 Å². The zero-order chi connectivity index (χ0) is 15.4. The molecule has 0 saturated heterocycles. The molecule has 2 aromatic rings. The van der Waals surface area contributed by atoms with Gasteiger partial charge in [0.25, 0.3) is 0 Å². The van der Waals surface area contributed by atoms with Gasteiger partial charge in [0.1, 0.15) is 18.2 Å². The van der Waals surface area contributed by atoms with Crippen molar-refractivity contribution in [1.82, 2.24) is 0 Å². The quantitative estimate of drug-likeness (QED) is 0.860. The van der Waals surface area contributed by atoms with E-state index >= 15 is 0 Å². The third-order valence-electron chi connectivity index (χ3n) is 2.80. The summed E-state index contributed by atoms with van der Waals surface area (Å²) in [5.41, 5.74) is 5.86. The lowest BCUT2D eigenvalue weighted by molar-refractivity contribution is 0.273. The van der Waals surface area contributed by atoms with Crippen molar-refractivity contribution in [3.05, 3.63) is 64.7 Å². The average Bonchev–Trinajstić information content (AvgIpc) is 2.36. The van der Waals surface area contributed by atoms with Gasteiger partial charge in [-0.05, 0) is 48.4 Å². The van der Waals surface area contributed by atoms with Crippen molar-refractivity contribution in [1.29, 1.82) is 0 Å². The molecular weight excluding hydrogens is 286 g/mol. The van der Waals surface area contributed by atoms with Crippen LogP contribution in [0.15, 0.2) is 30.3 Å². The smallest absolute Gasteiger partial charge is 0.191 e. The molecule has 0 atom stereocenters. The number of rotatable bonds is 5. The minimum absolute atomic E-state index is 0.136. The van der Waals surface area contributed by atoms with E-state index in [2.05, 4.69) is 0 Å². The lowest BCUT2D eigenvalue weighted by Crippen LogP contribution is -2.05. The van der Waals surface area contributed by atoms with Gasteiger partial charge in [0.2, 0.25) is 0 Å². The summed E-state index contributed by atoms with van der Waals surface area (Å²) in [6.07, 6.45) is 0.337. The van der Waals surface area contributed by atoms with Gasteiger partial charge in [-0.25, -0.2) is 17.6 Å². The third-order valence-corrected chi connectivity index (χ3v) is 2.80. The summed E-state index contributed by atoms with van der Waals surface area (Å²) in [4.78, 5) is 0. The normalized spacial score (nSPS) is 10.7. The van der Waals surface area contributed by atoms with Crippen molar-refractivity contribution in [2.45, 2.75) is 13.0 Å². The lowest BCUT2D eigenvalue weighted by atomic mass is 10.1. The van der Waals surface area contributed by atoms with Crippen molar-refractivity contribution >= 4 is 0 Å². The van der Waals surface area contributed by atoms with Crippen LogP contribution in [0.4, 0.5) is 17.6 Å². The molecule has 0 heterocycles. The molecule has 2 nitrogen and oxygen atoms in total. The second kappa shape index (κ2) is 6.58. The summed E-state index contributed by atoms with van der Waals surface area (Å²) in [6, 6.07) is 5.00. The van der Waals surface area contributed by atoms with Crippen LogP contribution < -0.4 is 10.5 Å². The molecule has 6 heteroatoms. The topological polar surface area (TPSA) is 35.2 Å². The van der Waals surface area contributed by atoms with Crippen molar-refractivity contribution in [3.63, 3.8) is 0 Å². The fourth-order valence-corrected chi connectivity index (χ4v) is 1.91. The van der Waals surface area contributed by atoms with Crippen LogP contribution >= 0.6 is 0 Å². The van der Waals surface area contributed by atoms with Crippen LogP contribution in [0.5, 0.6) is 5.75 Å². The number of halogens is 4. The number of hydrogen-bond acceptors (Lipinski definition) is 2. The van der Waals surface area contributed by atoms with Gasteiger partial charge in [-0.3, -0.25) is 0 Å². The van der Waals surface area contributed by atoms with Crippen LogP contribution in [0.1, 0.15) is 11.1 Å². The van der Waals surface area contributed by atoms with Gasteiger partial charge >= 0.3 is 0 Å². The molecule has 0 unspecified atom stereocenters. The largest absolute Gasteiger partial charge is 0.483 e. The molecule has 0 aliphatic carbocycles. The average molecular weight is 299 g/mol. The Labute approximate surface area is 119 Å². The second-order valence-electron chi connectivity index (χ2n) is 4.49. The highest BCUT2D eigenvalue weighted by Gasteiger charge is 2.13. The van der Waals surface area contributed by atoms with Crippen LogP contribution in [0.25, 0.3) is 0 Å². The first kappa shape index (κ1) is 15.3.